The summed E-state index contributed by atoms with van der Waals surface area (Å²) < 4.78 is 0. The molecule has 0 radical (unpaired) electrons. The van der Waals surface area contributed by atoms with Crippen LogP contribution in [0, 0.1) is 13.8 Å². The number of benzene rings is 1. The van der Waals surface area contributed by atoms with Crippen LogP contribution in [0.5, 0.6) is 0 Å². The number of nitrogens with zero attached hydrogens (tertiary/aromatic N) is 2. The molecule has 0 saturated carbocycles. The van der Waals surface area contributed by atoms with E-state index in [2.05, 4.69) is 15.5 Å². The minimum atomic E-state index is -0.727. The Morgan fingerprint density at radius 2 is 2.05 bits per heavy atom. The van der Waals surface area contributed by atoms with Crippen LogP contribution in [0.4, 0.5) is 0 Å². The highest BCUT2D eigenvalue weighted by Gasteiger charge is 2.14. The van der Waals surface area contributed by atoms with Gasteiger partial charge in [0.15, 0.2) is 0 Å². The average Bonchev–Trinajstić information content (AvgIpc) is 2.45. The summed E-state index contributed by atoms with van der Waals surface area (Å²) in [5.74, 6) is -0.259. The van der Waals surface area contributed by atoms with Crippen molar-refractivity contribution in [2.45, 2.75) is 20.0 Å². The first-order valence-corrected chi connectivity index (χ1v) is 6.39. The van der Waals surface area contributed by atoms with Crippen LogP contribution in [0.3, 0.4) is 0 Å². The third-order valence-corrected chi connectivity index (χ3v) is 3.15. The van der Waals surface area contributed by atoms with E-state index < -0.39 is 6.10 Å². The third-order valence-electron chi connectivity index (χ3n) is 3.15. The largest absolute Gasteiger partial charge is 0.387 e. The number of rotatable bonds is 4. The van der Waals surface area contributed by atoms with Crippen molar-refractivity contribution in [1.29, 1.82) is 0 Å². The van der Waals surface area contributed by atoms with E-state index in [1.54, 1.807) is 13.0 Å². The first-order valence-electron chi connectivity index (χ1n) is 6.39. The number of aliphatic hydroxyl groups is 1. The zero-order chi connectivity index (χ0) is 14.5. The smallest absolute Gasteiger partial charge is 0.253 e. The van der Waals surface area contributed by atoms with Crippen molar-refractivity contribution in [1.82, 2.24) is 15.5 Å². The first-order chi connectivity index (χ1) is 9.59. The van der Waals surface area contributed by atoms with Gasteiger partial charge in [0.2, 0.25) is 0 Å². The molecule has 2 aromatic rings. The van der Waals surface area contributed by atoms with Crippen LogP contribution in [-0.4, -0.2) is 27.8 Å². The fraction of sp³-hybridized carbons (Fsp3) is 0.267. The lowest BCUT2D eigenvalue weighted by molar-refractivity contribution is 0.0914. The van der Waals surface area contributed by atoms with Crippen molar-refractivity contribution in [2.24, 2.45) is 0 Å². The van der Waals surface area contributed by atoms with Gasteiger partial charge in [-0.2, -0.15) is 10.2 Å². The summed E-state index contributed by atoms with van der Waals surface area (Å²) in [6.07, 6.45) is 0.745. The molecule has 0 bridgehead atoms. The summed E-state index contributed by atoms with van der Waals surface area (Å²) in [6.45, 7) is 3.81. The summed E-state index contributed by atoms with van der Waals surface area (Å²) >= 11 is 0. The van der Waals surface area contributed by atoms with Crippen LogP contribution in [0.25, 0.3) is 0 Å². The monoisotopic (exact) mass is 271 g/mol. The van der Waals surface area contributed by atoms with E-state index in [-0.39, 0.29) is 12.5 Å². The van der Waals surface area contributed by atoms with Gasteiger partial charge in [-0.3, -0.25) is 4.79 Å². The Labute approximate surface area is 117 Å². The maximum absolute atomic E-state index is 12.0. The third kappa shape index (κ3) is 3.19. The maximum atomic E-state index is 12.0. The number of carbonyl (C=O) groups is 1. The highest BCUT2D eigenvalue weighted by atomic mass is 16.3. The van der Waals surface area contributed by atoms with Crippen LogP contribution in [0.15, 0.2) is 36.5 Å². The molecule has 20 heavy (non-hydrogen) atoms. The summed E-state index contributed by atoms with van der Waals surface area (Å²) in [4.78, 5) is 12.0. The molecule has 0 aliphatic rings. The quantitative estimate of drug-likeness (QED) is 0.885. The average molecular weight is 271 g/mol. The Kier molecular flexibility index (Phi) is 4.42. The fourth-order valence-electron chi connectivity index (χ4n) is 2.00. The SMILES string of the molecule is Cc1ccccc1[C@H](O)CNC(=O)c1ccnnc1C. The Hall–Kier alpha value is -2.27. The summed E-state index contributed by atoms with van der Waals surface area (Å²) in [7, 11) is 0. The second kappa shape index (κ2) is 6.25. The highest BCUT2D eigenvalue weighted by molar-refractivity contribution is 5.95. The molecule has 0 saturated heterocycles. The highest BCUT2D eigenvalue weighted by Crippen LogP contribution is 2.16. The van der Waals surface area contributed by atoms with Crippen molar-refractivity contribution in [2.75, 3.05) is 6.54 Å². The minimum Gasteiger partial charge on any atom is -0.387 e. The van der Waals surface area contributed by atoms with E-state index in [0.717, 1.165) is 11.1 Å². The fourth-order valence-corrected chi connectivity index (χ4v) is 2.00. The molecule has 0 fully saturated rings. The molecule has 1 atom stereocenters. The van der Waals surface area contributed by atoms with Gasteiger partial charge in [-0.15, -0.1) is 0 Å². The molecule has 0 aliphatic carbocycles. The molecular formula is C15H17N3O2. The lowest BCUT2D eigenvalue weighted by Gasteiger charge is -2.14. The summed E-state index contributed by atoms with van der Waals surface area (Å²) in [5, 5.41) is 20.4. The number of aromatic nitrogens is 2. The van der Waals surface area contributed by atoms with Crippen molar-refractivity contribution in [3.63, 3.8) is 0 Å². The van der Waals surface area contributed by atoms with Crippen molar-refractivity contribution < 1.29 is 9.90 Å². The van der Waals surface area contributed by atoms with Crippen LogP contribution < -0.4 is 5.32 Å². The second-order valence-corrected chi connectivity index (χ2v) is 4.61. The Morgan fingerprint density at radius 3 is 2.75 bits per heavy atom. The predicted octanol–water partition coefficient (Wildman–Crippen LogP) is 1.56. The normalized spacial score (nSPS) is 11.9. The molecule has 1 aromatic carbocycles. The molecule has 5 nitrogen and oxygen atoms in total. The molecule has 1 heterocycles. The molecule has 1 amide bonds. The maximum Gasteiger partial charge on any atom is 0.253 e. The number of amides is 1. The van der Waals surface area contributed by atoms with Gasteiger partial charge in [0, 0.05) is 6.54 Å². The lowest BCUT2D eigenvalue weighted by Crippen LogP contribution is -2.29. The standard InChI is InChI=1S/C15H17N3O2/c1-10-5-3-4-6-12(10)14(19)9-16-15(20)13-7-8-17-18-11(13)2/h3-8,14,19H,9H2,1-2H3,(H,16,20)/t14-/m1/s1. The molecule has 0 unspecified atom stereocenters. The Balaban J connectivity index is 2.01. The van der Waals surface area contributed by atoms with Gasteiger partial charge >= 0.3 is 0 Å². The Bertz CT molecular complexity index is 614. The van der Waals surface area contributed by atoms with Gasteiger partial charge in [-0.05, 0) is 31.0 Å². The molecule has 5 heteroatoms. The molecular weight excluding hydrogens is 254 g/mol. The zero-order valence-electron chi connectivity index (χ0n) is 11.5. The van der Waals surface area contributed by atoms with Crippen LogP contribution in [-0.2, 0) is 0 Å². The van der Waals surface area contributed by atoms with Crippen LogP contribution in [0.1, 0.15) is 33.3 Å². The van der Waals surface area contributed by atoms with Gasteiger partial charge < -0.3 is 10.4 Å². The van der Waals surface area contributed by atoms with Gasteiger partial charge in [-0.1, -0.05) is 24.3 Å². The van der Waals surface area contributed by atoms with Gasteiger partial charge in [-0.25, -0.2) is 0 Å². The minimum absolute atomic E-state index is 0.158. The molecule has 2 rings (SSSR count). The van der Waals surface area contributed by atoms with E-state index in [0.29, 0.717) is 11.3 Å². The van der Waals surface area contributed by atoms with Gasteiger partial charge in [0.1, 0.15) is 0 Å². The second-order valence-electron chi connectivity index (χ2n) is 4.61. The van der Waals surface area contributed by atoms with Crippen molar-refractivity contribution >= 4 is 5.91 Å². The summed E-state index contributed by atoms with van der Waals surface area (Å²) in [6, 6.07) is 9.17. The van der Waals surface area contributed by atoms with E-state index in [1.165, 1.54) is 6.20 Å². The number of aliphatic hydroxyl groups excluding tert-OH is 1. The molecule has 0 spiro atoms. The number of hydrogen-bond acceptors (Lipinski definition) is 4. The molecule has 1 aromatic heterocycles. The van der Waals surface area contributed by atoms with Gasteiger partial charge in [0.25, 0.3) is 5.91 Å². The zero-order valence-corrected chi connectivity index (χ0v) is 11.5. The van der Waals surface area contributed by atoms with Crippen molar-refractivity contribution in [3.05, 3.63) is 58.9 Å². The Morgan fingerprint density at radius 1 is 1.30 bits per heavy atom. The van der Waals surface area contributed by atoms with E-state index in [9.17, 15) is 9.90 Å². The van der Waals surface area contributed by atoms with Crippen LogP contribution >= 0.6 is 0 Å². The topological polar surface area (TPSA) is 75.1 Å². The number of carbonyl (C=O) groups excluding carboxylic acids is 1. The van der Waals surface area contributed by atoms with Crippen LogP contribution in [0.2, 0.25) is 0 Å². The lowest BCUT2D eigenvalue weighted by atomic mass is 10.0. The summed E-state index contributed by atoms with van der Waals surface area (Å²) in [5.41, 5.74) is 2.85. The number of hydrogen-bond donors (Lipinski definition) is 2. The van der Waals surface area contributed by atoms with E-state index in [4.69, 9.17) is 0 Å². The van der Waals surface area contributed by atoms with E-state index >= 15 is 0 Å². The molecule has 104 valence electrons. The van der Waals surface area contributed by atoms with Crippen molar-refractivity contribution in [3.8, 4) is 0 Å². The molecule has 2 N–H and O–H groups in total. The number of nitrogens with one attached hydrogen (secondary N) is 1. The van der Waals surface area contributed by atoms with E-state index in [1.807, 2.05) is 31.2 Å². The number of aryl methyl sites for hydroxylation is 2. The van der Waals surface area contributed by atoms with Gasteiger partial charge in [0.05, 0.1) is 23.6 Å². The predicted molar refractivity (Wildman–Crippen MR) is 75.2 cm³/mol. The first kappa shape index (κ1) is 14.1. The molecule has 0 aliphatic heterocycles.